The third-order valence-electron chi connectivity index (χ3n) is 3.76. The van der Waals surface area contributed by atoms with Gasteiger partial charge in [-0.25, -0.2) is 14.5 Å². The van der Waals surface area contributed by atoms with Crippen molar-refractivity contribution in [3.05, 3.63) is 46.8 Å². The number of carbonyl (C=O) groups is 1. The molecule has 0 aliphatic heterocycles. The summed E-state index contributed by atoms with van der Waals surface area (Å²) in [5.74, 6) is -9.94. The molecule has 0 saturated carbocycles. The minimum Gasteiger partial charge on any atom is -0.478 e. The predicted octanol–water partition coefficient (Wildman–Crippen LogP) is 3.78. The molecule has 0 aromatic carbocycles. The lowest BCUT2D eigenvalue weighted by molar-refractivity contribution is -0.266. The molecule has 2 aromatic rings. The van der Waals surface area contributed by atoms with E-state index in [1.807, 2.05) is 0 Å². The summed E-state index contributed by atoms with van der Waals surface area (Å²) in [5, 5.41) is 12.4. The number of aromatic nitrogens is 3. The Kier molecular flexibility index (Phi) is 7.02. The van der Waals surface area contributed by atoms with Crippen LogP contribution in [0.15, 0.2) is 41.1 Å². The summed E-state index contributed by atoms with van der Waals surface area (Å²) >= 11 is 5.66. The molecule has 0 fully saturated rings. The number of hydrogen-bond donors (Lipinski definition) is 2. The fourth-order valence-corrected chi connectivity index (χ4v) is 2.46. The van der Waals surface area contributed by atoms with Crippen molar-refractivity contribution < 1.29 is 45.4 Å². The van der Waals surface area contributed by atoms with E-state index in [4.69, 9.17) is 22.4 Å². The molecule has 2 aromatic heterocycles. The van der Waals surface area contributed by atoms with Crippen molar-refractivity contribution in [3.63, 3.8) is 0 Å². The van der Waals surface area contributed by atoms with E-state index in [0.29, 0.717) is 4.68 Å². The first kappa shape index (κ1) is 24.9. The fourth-order valence-electron chi connectivity index (χ4n) is 2.27. The highest BCUT2D eigenvalue weighted by molar-refractivity contribution is 6.32. The van der Waals surface area contributed by atoms with Gasteiger partial charge < -0.3 is 15.6 Å². The van der Waals surface area contributed by atoms with Crippen LogP contribution < -0.4 is 5.73 Å². The SMILES string of the molecule is CN=C(C(OC(F)F)=C(N)C(F)(F)C(F)(F)F)n1cc(-c2cnc(Cl)c(C(=O)O)c2)cn1. The van der Waals surface area contributed by atoms with E-state index in [2.05, 4.69) is 19.8 Å². The number of nitrogens with two attached hydrogens (primary N) is 1. The number of aliphatic imine (C=N–C) groups is 1. The Morgan fingerprint density at radius 1 is 1.25 bits per heavy atom. The highest BCUT2D eigenvalue weighted by atomic mass is 35.5. The third kappa shape index (κ3) is 4.92. The summed E-state index contributed by atoms with van der Waals surface area (Å²) in [6.45, 7) is -3.84. The largest absolute Gasteiger partial charge is 0.478 e. The zero-order chi connectivity index (χ0) is 24.4. The van der Waals surface area contributed by atoms with Crippen LogP contribution in [0.25, 0.3) is 11.1 Å². The first-order chi connectivity index (χ1) is 14.7. The van der Waals surface area contributed by atoms with Crippen molar-refractivity contribution in [2.75, 3.05) is 7.05 Å². The van der Waals surface area contributed by atoms with Crippen LogP contribution >= 0.6 is 11.6 Å². The van der Waals surface area contributed by atoms with Crippen molar-refractivity contribution in [3.8, 4) is 11.1 Å². The highest BCUT2D eigenvalue weighted by Gasteiger charge is 2.61. The smallest absolute Gasteiger partial charge is 0.459 e. The molecule has 174 valence electrons. The predicted molar refractivity (Wildman–Crippen MR) is 95.5 cm³/mol. The summed E-state index contributed by atoms with van der Waals surface area (Å²) in [7, 11) is 0.872. The molecule has 0 atom stereocenters. The number of pyridine rings is 1. The Morgan fingerprint density at radius 3 is 2.38 bits per heavy atom. The minimum atomic E-state index is -6.22. The Balaban J connectivity index is 2.60. The average Bonchev–Trinajstić information content (AvgIpc) is 3.16. The molecule has 32 heavy (non-hydrogen) atoms. The standard InChI is InChI=1S/C16H11ClF7N5O3/c1-26-12(9(32-14(18)19)10(25)15(20,21)16(22,23)24)29-5-7(4-28-29)6-2-8(13(30)31)11(17)27-3-6/h2-5,14H,25H2,1H3,(H,30,31). The monoisotopic (exact) mass is 489 g/mol. The highest BCUT2D eigenvalue weighted by Crippen LogP contribution is 2.40. The quantitative estimate of drug-likeness (QED) is 0.210. The van der Waals surface area contributed by atoms with Gasteiger partial charge in [-0.2, -0.15) is 35.8 Å². The second-order valence-corrected chi connectivity index (χ2v) is 6.14. The number of hydrogen-bond acceptors (Lipinski definition) is 6. The molecule has 0 amide bonds. The first-order valence-electron chi connectivity index (χ1n) is 8.01. The van der Waals surface area contributed by atoms with E-state index in [1.54, 1.807) is 0 Å². The maximum absolute atomic E-state index is 13.7. The Labute approximate surface area is 178 Å². The van der Waals surface area contributed by atoms with Crippen LogP contribution in [0, 0.1) is 0 Å². The lowest BCUT2D eigenvalue weighted by Gasteiger charge is -2.23. The van der Waals surface area contributed by atoms with Gasteiger partial charge in [-0.05, 0) is 6.07 Å². The minimum absolute atomic E-state index is 0.0513. The van der Waals surface area contributed by atoms with Crippen molar-refractivity contribution >= 4 is 23.4 Å². The number of rotatable bonds is 6. The summed E-state index contributed by atoms with van der Waals surface area (Å²) in [4.78, 5) is 18.2. The second-order valence-electron chi connectivity index (χ2n) is 5.78. The summed E-state index contributed by atoms with van der Waals surface area (Å²) in [6, 6.07) is 1.07. The van der Waals surface area contributed by atoms with Crippen LogP contribution in [0.3, 0.4) is 0 Å². The molecule has 0 aliphatic rings. The number of carboxylic acids is 1. The zero-order valence-corrected chi connectivity index (χ0v) is 16.3. The Hall–Kier alpha value is -3.36. The molecular formula is C16H11ClF7N5O3. The van der Waals surface area contributed by atoms with Crippen LogP contribution in [0.5, 0.6) is 0 Å². The Morgan fingerprint density at radius 2 is 1.88 bits per heavy atom. The normalized spacial score (nSPS) is 13.9. The molecule has 2 heterocycles. The van der Waals surface area contributed by atoms with E-state index in [9.17, 15) is 35.5 Å². The second kappa shape index (κ2) is 9.02. The van der Waals surface area contributed by atoms with Gasteiger partial charge in [-0.3, -0.25) is 4.99 Å². The van der Waals surface area contributed by atoms with Gasteiger partial charge in [0.15, 0.2) is 11.6 Å². The van der Waals surface area contributed by atoms with Crippen molar-refractivity contribution in [1.29, 1.82) is 0 Å². The fraction of sp³-hybridized carbons (Fsp3) is 0.250. The number of ether oxygens (including phenoxy) is 1. The molecule has 0 saturated heterocycles. The molecule has 0 unspecified atom stereocenters. The number of alkyl halides is 7. The van der Waals surface area contributed by atoms with Gasteiger partial charge in [0, 0.05) is 30.6 Å². The van der Waals surface area contributed by atoms with Gasteiger partial charge >= 0.3 is 24.7 Å². The maximum Gasteiger partial charge on any atom is 0.459 e. The summed E-state index contributed by atoms with van der Waals surface area (Å²) < 4.78 is 95.3. The van der Waals surface area contributed by atoms with Crippen molar-refractivity contribution in [2.45, 2.75) is 18.7 Å². The van der Waals surface area contributed by atoms with E-state index in [0.717, 1.165) is 31.7 Å². The van der Waals surface area contributed by atoms with Crippen molar-refractivity contribution in [1.82, 2.24) is 14.8 Å². The van der Waals surface area contributed by atoms with Crippen molar-refractivity contribution in [2.24, 2.45) is 10.7 Å². The molecule has 2 rings (SSSR count). The van der Waals surface area contributed by atoms with Gasteiger partial charge in [0.25, 0.3) is 0 Å². The van der Waals surface area contributed by atoms with E-state index >= 15 is 0 Å². The van der Waals surface area contributed by atoms with Gasteiger partial charge in [-0.1, -0.05) is 11.6 Å². The van der Waals surface area contributed by atoms with Gasteiger partial charge in [0.2, 0.25) is 0 Å². The average molecular weight is 490 g/mol. The van der Waals surface area contributed by atoms with E-state index in [1.165, 1.54) is 0 Å². The molecule has 8 nitrogen and oxygen atoms in total. The maximum atomic E-state index is 13.7. The molecular weight excluding hydrogens is 479 g/mol. The number of allylic oxidation sites excluding steroid dienone is 2. The molecule has 0 aliphatic carbocycles. The summed E-state index contributed by atoms with van der Waals surface area (Å²) in [6.07, 6.45) is -3.16. The lowest BCUT2D eigenvalue weighted by atomic mass is 10.1. The number of halogens is 8. The number of nitrogens with zero attached hydrogens (tertiary/aromatic N) is 4. The zero-order valence-electron chi connectivity index (χ0n) is 15.5. The molecule has 16 heteroatoms. The van der Waals surface area contributed by atoms with Gasteiger partial charge in [0.05, 0.1) is 11.8 Å². The van der Waals surface area contributed by atoms with Gasteiger partial charge in [-0.15, -0.1) is 0 Å². The number of carboxylic acid groups (broad SMARTS) is 1. The van der Waals surface area contributed by atoms with E-state index in [-0.39, 0.29) is 16.3 Å². The van der Waals surface area contributed by atoms with Crippen LogP contribution in [0.4, 0.5) is 30.7 Å². The lowest BCUT2D eigenvalue weighted by Crippen LogP contribution is -2.43. The third-order valence-corrected chi connectivity index (χ3v) is 4.06. The Bertz CT molecular complexity index is 1080. The van der Waals surface area contributed by atoms with Crippen LogP contribution in [-0.2, 0) is 4.74 Å². The summed E-state index contributed by atoms with van der Waals surface area (Å²) in [5.41, 5.74) is 2.23. The first-order valence-corrected chi connectivity index (χ1v) is 8.39. The molecule has 0 spiro atoms. The van der Waals surface area contributed by atoms with Crippen LogP contribution in [-0.4, -0.2) is 57.4 Å². The van der Waals surface area contributed by atoms with Crippen LogP contribution in [0.2, 0.25) is 5.15 Å². The molecule has 0 bridgehead atoms. The molecule has 3 N–H and O–H groups in total. The topological polar surface area (TPSA) is 116 Å². The van der Waals surface area contributed by atoms with Crippen LogP contribution in [0.1, 0.15) is 10.4 Å². The van der Waals surface area contributed by atoms with E-state index < -0.39 is 47.5 Å². The van der Waals surface area contributed by atoms with Gasteiger partial charge in [0.1, 0.15) is 10.9 Å². The molecule has 0 radical (unpaired) electrons. The number of aromatic carboxylic acids is 1.